The van der Waals surface area contributed by atoms with E-state index in [2.05, 4.69) is 11.8 Å². The first-order chi connectivity index (χ1) is 8.23. The predicted molar refractivity (Wildman–Crippen MR) is 72.3 cm³/mol. The summed E-state index contributed by atoms with van der Waals surface area (Å²) < 4.78 is 0. The molecular formula is C16H24O. The van der Waals surface area contributed by atoms with Gasteiger partial charge in [0.05, 0.1) is 5.92 Å². The van der Waals surface area contributed by atoms with Crippen LogP contribution >= 0.6 is 0 Å². The first-order valence-corrected chi connectivity index (χ1v) is 6.89. The maximum absolute atomic E-state index is 10.4. The summed E-state index contributed by atoms with van der Waals surface area (Å²) in [4.78, 5) is 0. The van der Waals surface area contributed by atoms with E-state index >= 15 is 0 Å². The molecule has 1 aliphatic rings. The molecule has 94 valence electrons. The molecule has 0 aromatic heterocycles. The molecule has 1 saturated carbocycles. The Morgan fingerprint density at radius 1 is 0.882 bits per heavy atom. The van der Waals surface area contributed by atoms with Gasteiger partial charge in [-0.1, -0.05) is 56.8 Å². The van der Waals surface area contributed by atoms with Crippen molar-refractivity contribution in [3.63, 3.8) is 0 Å². The van der Waals surface area contributed by atoms with Crippen molar-refractivity contribution in [2.45, 2.75) is 69.8 Å². The van der Waals surface area contributed by atoms with E-state index in [0.717, 1.165) is 25.7 Å². The minimum Gasteiger partial charge on any atom is -0.376 e. The lowest BCUT2D eigenvalue weighted by Crippen LogP contribution is -2.35. The van der Waals surface area contributed by atoms with E-state index in [1.807, 2.05) is 0 Å². The van der Waals surface area contributed by atoms with Crippen LogP contribution in [0.3, 0.4) is 0 Å². The molecular weight excluding hydrogens is 208 g/mol. The Morgan fingerprint density at radius 3 is 1.94 bits per heavy atom. The molecule has 0 aromatic carbocycles. The third kappa shape index (κ3) is 4.45. The van der Waals surface area contributed by atoms with E-state index in [1.165, 1.54) is 32.1 Å². The second-order valence-electron chi connectivity index (χ2n) is 5.15. The zero-order valence-electron chi connectivity index (χ0n) is 10.8. The van der Waals surface area contributed by atoms with E-state index < -0.39 is 5.60 Å². The van der Waals surface area contributed by atoms with Crippen molar-refractivity contribution >= 4 is 0 Å². The van der Waals surface area contributed by atoms with Crippen molar-refractivity contribution < 1.29 is 5.11 Å². The van der Waals surface area contributed by atoms with E-state index in [0.29, 0.717) is 6.42 Å². The second kappa shape index (κ2) is 7.41. The van der Waals surface area contributed by atoms with Crippen molar-refractivity contribution in [3.8, 4) is 24.7 Å². The van der Waals surface area contributed by atoms with Gasteiger partial charge in [-0.25, -0.2) is 0 Å². The van der Waals surface area contributed by atoms with Gasteiger partial charge in [0, 0.05) is 0 Å². The maximum Gasteiger partial charge on any atom is 0.138 e. The van der Waals surface area contributed by atoms with Crippen molar-refractivity contribution in [1.29, 1.82) is 0 Å². The highest BCUT2D eigenvalue weighted by Gasteiger charge is 2.32. The van der Waals surface area contributed by atoms with Crippen LogP contribution in [-0.2, 0) is 0 Å². The third-order valence-electron chi connectivity index (χ3n) is 3.83. The molecule has 0 radical (unpaired) electrons. The van der Waals surface area contributed by atoms with Gasteiger partial charge in [0.1, 0.15) is 5.60 Å². The lowest BCUT2D eigenvalue weighted by molar-refractivity contribution is 0.0455. The second-order valence-corrected chi connectivity index (χ2v) is 5.15. The van der Waals surface area contributed by atoms with Crippen molar-refractivity contribution in [1.82, 2.24) is 0 Å². The molecule has 17 heavy (non-hydrogen) atoms. The van der Waals surface area contributed by atoms with Gasteiger partial charge in [-0.05, 0) is 19.3 Å². The Labute approximate surface area is 106 Å². The fourth-order valence-corrected chi connectivity index (χ4v) is 2.61. The topological polar surface area (TPSA) is 20.2 Å². The molecule has 1 rings (SSSR count). The number of hydrogen-bond acceptors (Lipinski definition) is 1. The highest BCUT2D eigenvalue weighted by atomic mass is 16.3. The summed E-state index contributed by atoms with van der Waals surface area (Å²) in [6.07, 6.45) is 22.1. The van der Waals surface area contributed by atoms with Crippen LogP contribution in [-0.4, -0.2) is 10.7 Å². The zero-order valence-corrected chi connectivity index (χ0v) is 10.8. The van der Waals surface area contributed by atoms with Crippen LogP contribution in [0.1, 0.15) is 64.2 Å². The lowest BCUT2D eigenvalue weighted by Gasteiger charge is -2.29. The zero-order chi connectivity index (χ0) is 12.6. The molecule has 1 aliphatic carbocycles. The summed E-state index contributed by atoms with van der Waals surface area (Å²) in [6.45, 7) is 0. The highest BCUT2D eigenvalue weighted by Crippen LogP contribution is 2.29. The number of hydrogen-bond donors (Lipinski definition) is 1. The Bertz CT molecular complexity index is 294. The Balaban J connectivity index is 2.63. The van der Waals surface area contributed by atoms with E-state index in [9.17, 15) is 5.11 Å². The SMILES string of the molecule is C#C[C@@H]1CCCCCCCCCC[C@]1(O)C#C. The van der Waals surface area contributed by atoms with Crippen LogP contribution in [0.5, 0.6) is 0 Å². The molecule has 0 aliphatic heterocycles. The fourth-order valence-electron chi connectivity index (χ4n) is 2.61. The molecule has 1 nitrogen and oxygen atoms in total. The first kappa shape index (κ1) is 14.1. The van der Waals surface area contributed by atoms with Crippen LogP contribution in [0.2, 0.25) is 0 Å². The molecule has 2 atom stereocenters. The normalized spacial score (nSPS) is 32.5. The first-order valence-electron chi connectivity index (χ1n) is 6.89. The van der Waals surface area contributed by atoms with Gasteiger partial charge in [0.2, 0.25) is 0 Å². The quantitative estimate of drug-likeness (QED) is 0.634. The molecule has 1 fully saturated rings. The Hall–Kier alpha value is -0.920. The van der Waals surface area contributed by atoms with Gasteiger partial charge >= 0.3 is 0 Å². The van der Waals surface area contributed by atoms with Gasteiger partial charge in [0.15, 0.2) is 0 Å². The van der Waals surface area contributed by atoms with Gasteiger partial charge < -0.3 is 5.11 Å². The molecule has 1 N–H and O–H groups in total. The summed E-state index contributed by atoms with van der Waals surface area (Å²) >= 11 is 0. The van der Waals surface area contributed by atoms with Crippen molar-refractivity contribution in [3.05, 3.63) is 0 Å². The summed E-state index contributed by atoms with van der Waals surface area (Å²) in [5, 5.41) is 10.4. The van der Waals surface area contributed by atoms with Crippen LogP contribution in [0.25, 0.3) is 0 Å². The standard InChI is InChI=1S/C16H24O/c1-3-15-13-11-9-7-5-6-8-10-12-14-16(15,17)4-2/h1-2,15,17H,5-14H2/t15-,16-/m1/s1. The van der Waals surface area contributed by atoms with E-state index in [4.69, 9.17) is 12.8 Å². The molecule has 0 spiro atoms. The summed E-state index contributed by atoms with van der Waals surface area (Å²) in [6, 6.07) is 0. The third-order valence-corrected chi connectivity index (χ3v) is 3.83. The molecule has 0 heterocycles. The van der Waals surface area contributed by atoms with Crippen LogP contribution in [0.4, 0.5) is 0 Å². The van der Waals surface area contributed by atoms with Crippen molar-refractivity contribution in [2.24, 2.45) is 5.92 Å². The molecule has 0 unspecified atom stereocenters. The average Bonchev–Trinajstić information content (AvgIpc) is 2.34. The molecule has 0 aromatic rings. The minimum absolute atomic E-state index is 0.174. The minimum atomic E-state index is -1.08. The monoisotopic (exact) mass is 232 g/mol. The molecule has 0 bridgehead atoms. The van der Waals surface area contributed by atoms with E-state index in [1.54, 1.807) is 0 Å². The largest absolute Gasteiger partial charge is 0.376 e. The summed E-state index contributed by atoms with van der Waals surface area (Å²) in [5.74, 6) is 5.08. The Morgan fingerprint density at radius 2 is 1.41 bits per heavy atom. The van der Waals surface area contributed by atoms with Crippen LogP contribution in [0.15, 0.2) is 0 Å². The number of rotatable bonds is 0. The van der Waals surface area contributed by atoms with Gasteiger partial charge in [-0.15, -0.1) is 12.8 Å². The molecule has 0 amide bonds. The Kier molecular flexibility index (Phi) is 6.17. The predicted octanol–water partition coefficient (Wildman–Crippen LogP) is 3.51. The average molecular weight is 232 g/mol. The smallest absolute Gasteiger partial charge is 0.138 e. The van der Waals surface area contributed by atoms with Crippen LogP contribution in [0, 0.1) is 30.6 Å². The molecule has 0 saturated heterocycles. The van der Waals surface area contributed by atoms with Crippen molar-refractivity contribution in [2.75, 3.05) is 0 Å². The lowest BCUT2D eigenvalue weighted by atomic mass is 9.80. The number of aliphatic hydroxyl groups is 1. The summed E-state index contributed by atoms with van der Waals surface area (Å²) in [7, 11) is 0. The van der Waals surface area contributed by atoms with Gasteiger partial charge in [0.25, 0.3) is 0 Å². The number of terminal acetylenes is 2. The van der Waals surface area contributed by atoms with Gasteiger partial charge in [-0.2, -0.15) is 0 Å². The van der Waals surface area contributed by atoms with Crippen LogP contribution < -0.4 is 0 Å². The fraction of sp³-hybridized carbons (Fsp3) is 0.750. The highest BCUT2D eigenvalue weighted by molar-refractivity contribution is 5.17. The maximum atomic E-state index is 10.4. The van der Waals surface area contributed by atoms with E-state index in [-0.39, 0.29) is 5.92 Å². The molecule has 1 heteroatoms. The summed E-state index contributed by atoms with van der Waals surface area (Å²) in [5.41, 5.74) is -1.08. The van der Waals surface area contributed by atoms with Gasteiger partial charge in [-0.3, -0.25) is 0 Å².